The van der Waals surface area contributed by atoms with E-state index < -0.39 is 29.1 Å². The van der Waals surface area contributed by atoms with E-state index in [1.807, 2.05) is 29.2 Å². The predicted octanol–water partition coefficient (Wildman–Crippen LogP) is 6.56. The second-order valence-corrected chi connectivity index (χ2v) is 11.2. The van der Waals surface area contributed by atoms with Crippen molar-refractivity contribution in [1.29, 1.82) is 0 Å². The quantitative estimate of drug-likeness (QED) is 0.270. The van der Waals surface area contributed by atoms with E-state index >= 15 is 8.78 Å². The van der Waals surface area contributed by atoms with E-state index in [0.717, 1.165) is 23.0 Å². The van der Waals surface area contributed by atoms with Gasteiger partial charge in [-0.1, -0.05) is 6.07 Å². The molecule has 0 saturated carbocycles. The van der Waals surface area contributed by atoms with Gasteiger partial charge in [-0.3, -0.25) is 4.98 Å². The molecule has 0 amide bonds. The zero-order chi connectivity index (χ0) is 28.3. The number of aromatic nitrogens is 4. The molecule has 9 heteroatoms. The summed E-state index contributed by atoms with van der Waals surface area (Å²) in [7, 11) is 1.89. The van der Waals surface area contributed by atoms with Crippen molar-refractivity contribution in [1.82, 2.24) is 19.1 Å². The predicted molar refractivity (Wildman–Crippen MR) is 147 cm³/mol. The second kappa shape index (κ2) is 9.74. The van der Waals surface area contributed by atoms with Gasteiger partial charge >= 0.3 is 0 Å². The molecule has 1 fully saturated rings. The lowest BCUT2D eigenvalue weighted by molar-refractivity contribution is 0.0548. The highest BCUT2D eigenvalue weighted by molar-refractivity contribution is 6.07. The largest absolute Gasteiger partial charge is 0.386 e. The van der Waals surface area contributed by atoms with Crippen LogP contribution in [0.4, 0.5) is 13.2 Å². The van der Waals surface area contributed by atoms with Crippen molar-refractivity contribution in [3.8, 4) is 11.3 Å². The molecule has 5 aromatic rings. The number of fused-ring (bicyclic) bond motifs is 3. The van der Waals surface area contributed by atoms with Gasteiger partial charge < -0.3 is 19.0 Å². The molecule has 1 aliphatic rings. The third-order valence-electron chi connectivity index (χ3n) is 8.06. The summed E-state index contributed by atoms with van der Waals surface area (Å²) in [6.45, 7) is 6.10. The first-order chi connectivity index (χ1) is 19.0. The number of benzene rings is 2. The molecular weight excluding hydrogens is 517 g/mol. The summed E-state index contributed by atoms with van der Waals surface area (Å²) in [6, 6.07) is 8.03. The Bertz CT molecular complexity index is 1730. The van der Waals surface area contributed by atoms with Crippen molar-refractivity contribution in [2.45, 2.75) is 45.3 Å². The van der Waals surface area contributed by atoms with Gasteiger partial charge in [0, 0.05) is 43.7 Å². The van der Waals surface area contributed by atoms with Gasteiger partial charge in [0.15, 0.2) is 0 Å². The zero-order valence-electron chi connectivity index (χ0n) is 22.9. The molecule has 1 atom stereocenters. The minimum Gasteiger partial charge on any atom is -0.386 e. The molecule has 0 aliphatic carbocycles. The standard InChI is InChI=1S/C31H31F3N4O2/c1-17-29(37(4)16-36-17)19-11-26-28(35-15-19)27-24(34)12-20(31(2,3)39)13-25(27)38(26)30(18-7-9-40-10-8-18)22-6-5-21(32)14-23(22)33/h5-6,11-16,18,30,39H,7-10H2,1-4H3. The normalized spacial score (nSPS) is 15.8. The molecule has 1 N–H and O–H groups in total. The summed E-state index contributed by atoms with van der Waals surface area (Å²) in [4.78, 5) is 9.14. The van der Waals surface area contributed by atoms with Crippen LogP contribution in [0.2, 0.25) is 0 Å². The van der Waals surface area contributed by atoms with Crippen LogP contribution in [0.5, 0.6) is 0 Å². The molecule has 0 bridgehead atoms. The fourth-order valence-corrected chi connectivity index (χ4v) is 6.09. The Kier molecular flexibility index (Phi) is 6.46. The van der Waals surface area contributed by atoms with E-state index in [4.69, 9.17) is 9.72 Å². The number of rotatable bonds is 5. The minimum absolute atomic E-state index is 0.0801. The number of pyridine rings is 1. The van der Waals surface area contributed by atoms with Crippen LogP contribution in [0.25, 0.3) is 33.2 Å². The monoisotopic (exact) mass is 548 g/mol. The number of ether oxygens (including phenoxy) is 1. The molecule has 4 heterocycles. The summed E-state index contributed by atoms with van der Waals surface area (Å²) in [5.41, 5.74) is 3.35. The minimum atomic E-state index is -1.32. The number of aliphatic hydroxyl groups is 1. The number of hydrogen-bond acceptors (Lipinski definition) is 4. The molecule has 6 nitrogen and oxygen atoms in total. The average Bonchev–Trinajstić information content (AvgIpc) is 3.41. The maximum atomic E-state index is 15.9. The lowest BCUT2D eigenvalue weighted by Gasteiger charge is -2.33. The first-order valence-electron chi connectivity index (χ1n) is 13.4. The average molecular weight is 549 g/mol. The van der Waals surface area contributed by atoms with Gasteiger partial charge in [0.25, 0.3) is 0 Å². The molecule has 2 aromatic carbocycles. The molecular formula is C31H31F3N4O2. The Morgan fingerprint density at radius 2 is 1.75 bits per heavy atom. The summed E-state index contributed by atoms with van der Waals surface area (Å²) < 4.78 is 55.0. The summed E-state index contributed by atoms with van der Waals surface area (Å²) >= 11 is 0. The SMILES string of the molecule is Cc1ncn(C)c1-c1cnc2c3c(F)cc(C(C)(C)O)cc3n(C(c3ccc(F)cc3F)C3CCOCC3)c2c1. The molecule has 6 rings (SSSR count). The van der Waals surface area contributed by atoms with E-state index in [1.165, 1.54) is 18.2 Å². The molecule has 1 unspecified atom stereocenters. The van der Waals surface area contributed by atoms with Crippen LogP contribution in [-0.2, 0) is 17.4 Å². The molecule has 1 saturated heterocycles. The number of imidazole rings is 1. The van der Waals surface area contributed by atoms with Gasteiger partial charge in [0.1, 0.15) is 17.5 Å². The van der Waals surface area contributed by atoms with Crippen LogP contribution in [0.3, 0.4) is 0 Å². The fourth-order valence-electron chi connectivity index (χ4n) is 6.09. The zero-order valence-corrected chi connectivity index (χ0v) is 22.9. The van der Waals surface area contributed by atoms with Gasteiger partial charge in [0.2, 0.25) is 0 Å². The highest BCUT2D eigenvalue weighted by Gasteiger charge is 2.33. The van der Waals surface area contributed by atoms with Gasteiger partial charge in [-0.2, -0.15) is 0 Å². The Morgan fingerprint density at radius 3 is 2.40 bits per heavy atom. The maximum absolute atomic E-state index is 15.9. The summed E-state index contributed by atoms with van der Waals surface area (Å²) in [5, 5.41) is 11.1. The van der Waals surface area contributed by atoms with Crippen molar-refractivity contribution >= 4 is 21.9 Å². The van der Waals surface area contributed by atoms with E-state index in [-0.39, 0.29) is 11.3 Å². The number of hydrogen-bond donors (Lipinski definition) is 1. The summed E-state index contributed by atoms with van der Waals surface area (Å²) in [6.07, 6.45) is 4.70. The van der Waals surface area contributed by atoms with E-state index in [2.05, 4.69) is 4.98 Å². The van der Waals surface area contributed by atoms with Crippen LogP contribution >= 0.6 is 0 Å². The molecule has 3 aromatic heterocycles. The van der Waals surface area contributed by atoms with E-state index in [0.29, 0.717) is 53.7 Å². The first kappa shape index (κ1) is 26.5. The Hall–Kier alpha value is -3.69. The van der Waals surface area contributed by atoms with Crippen molar-refractivity contribution in [3.05, 3.63) is 83.2 Å². The van der Waals surface area contributed by atoms with Crippen LogP contribution in [0, 0.1) is 30.3 Å². The van der Waals surface area contributed by atoms with Crippen LogP contribution in [0.1, 0.15) is 49.6 Å². The lowest BCUT2D eigenvalue weighted by Crippen LogP contribution is -2.27. The number of aryl methyl sites for hydroxylation is 2. The maximum Gasteiger partial charge on any atom is 0.135 e. The Labute approximate surface area is 230 Å². The third-order valence-corrected chi connectivity index (χ3v) is 8.06. The van der Waals surface area contributed by atoms with Crippen molar-refractivity contribution in [2.24, 2.45) is 13.0 Å². The molecule has 0 spiro atoms. The molecule has 208 valence electrons. The van der Waals surface area contributed by atoms with Crippen molar-refractivity contribution in [2.75, 3.05) is 13.2 Å². The Morgan fingerprint density at radius 1 is 1.00 bits per heavy atom. The highest BCUT2D eigenvalue weighted by Crippen LogP contribution is 2.43. The van der Waals surface area contributed by atoms with E-state index in [1.54, 1.807) is 32.4 Å². The molecule has 1 aliphatic heterocycles. The van der Waals surface area contributed by atoms with Gasteiger partial charge in [-0.05, 0) is 69.4 Å². The first-order valence-corrected chi connectivity index (χ1v) is 13.4. The highest BCUT2D eigenvalue weighted by atomic mass is 19.1. The van der Waals surface area contributed by atoms with Crippen LogP contribution in [0.15, 0.2) is 48.9 Å². The smallest absolute Gasteiger partial charge is 0.135 e. The van der Waals surface area contributed by atoms with Gasteiger partial charge in [0.05, 0.1) is 51.3 Å². The lowest BCUT2D eigenvalue weighted by atomic mass is 9.86. The topological polar surface area (TPSA) is 65.1 Å². The third kappa shape index (κ3) is 4.37. The van der Waals surface area contributed by atoms with Crippen molar-refractivity contribution in [3.63, 3.8) is 0 Å². The second-order valence-electron chi connectivity index (χ2n) is 11.2. The van der Waals surface area contributed by atoms with Crippen LogP contribution in [-0.4, -0.2) is 37.4 Å². The molecule has 0 radical (unpaired) electrons. The van der Waals surface area contributed by atoms with Crippen molar-refractivity contribution < 1.29 is 23.0 Å². The fraction of sp³-hybridized carbons (Fsp3) is 0.355. The number of halogens is 3. The van der Waals surface area contributed by atoms with E-state index in [9.17, 15) is 9.50 Å². The molecule has 40 heavy (non-hydrogen) atoms. The van der Waals surface area contributed by atoms with Gasteiger partial charge in [-0.15, -0.1) is 0 Å². The Balaban J connectivity index is 1.74. The van der Waals surface area contributed by atoms with Gasteiger partial charge in [-0.25, -0.2) is 18.2 Å². The number of nitrogens with zero attached hydrogens (tertiary/aromatic N) is 4. The van der Waals surface area contributed by atoms with Crippen LogP contribution < -0.4 is 0 Å². The summed E-state index contributed by atoms with van der Waals surface area (Å²) in [5.74, 6) is -1.94.